The van der Waals surface area contributed by atoms with Crippen molar-refractivity contribution >= 4 is 10.9 Å². The standard InChI is InChI=1S/C21H25N3/c1-4-8-21(5-2)9-10-24-20(21)13-19(23-24)17-12-16-11-15(3)6-7-18(16)22-14-17/h6-7,11-14H,4-5,8-10H2,1-3H3. The summed E-state index contributed by atoms with van der Waals surface area (Å²) in [5.74, 6) is 0. The molecule has 1 unspecified atom stereocenters. The van der Waals surface area contributed by atoms with Crippen LogP contribution in [0.4, 0.5) is 0 Å². The third-order valence-corrected chi connectivity index (χ3v) is 5.66. The molecule has 3 heterocycles. The zero-order chi connectivity index (χ0) is 16.7. The zero-order valence-electron chi connectivity index (χ0n) is 14.8. The Kier molecular flexibility index (Phi) is 3.67. The summed E-state index contributed by atoms with van der Waals surface area (Å²) in [4.78, 5) is 4.63. The van der Waals surface area contributed by atoms with Crippen molar-refractivity contribution in [1.82, 2.24) is 14.8 Å². The molecule has 1 aromatic carbocycles. The molecule has 1 aliphatic heterocycles. The molecule has 0 aliphatic carbocycles. The van der Waals surface area contributed by atoms with Gasteiger partial charge < -0.3 is 0 Å². The maximum Gasteiger partial charge on any atom is 0.0941 e. The maximum absolute atomic E-state index is 4.89. The third kappa shape index (κ3) is 2.34. The van der Waals surface area contributed by atoms with Gasteiger partial charge in [0.2, 0.25) is 0 Å². The summed E-state index contributed by atoms with van der Waals surface area (Å²) in [6, 6.07) is 10.9. The minimum atomic E-state index is 0.320. The van der Waals surface area contributed by atoms with Crippen LogP contribution in [0.1, 0.15) is 50.8 Å². The second-order valence-corrected chi connectivity index (χ2v) is 7.19. The first-order valence-electron chi connectivity index (χ1n) is 9.10. The lowest BCUT2D eigenvalue weighted by atomic mass is 9.77. The minimum Gasteiger partial charge on any atom is -0.268 e. The van der Waals surface area contributed by atoms with Crippen molar-refractivity contribution < 1.29 is 0 Å². The van der Waals surface area contributed by atoms with Crippen LogP contribution in [0.25, 0.3) is 22.2 Å². The summed E-state index contributed by atoms with van der Waals surface area (Å²) < 4.78 is 2.23. The number of pyridine rings is 1. The Bertz CT molecular complexity index is 893. The van der Waals surface area contributed by atoms with E-state index in [1.807, 2.05) is 6.20 Å². The highest BCUT2D eigenvalue weighted by molar-refractivity contribution is 5.83. The molecule has 0 saturated heterocycles. The van der Waals surface area contributed by atoms with Crippen molar-refractivity contribution in [3.8, 4) is 11.3 Å². The quantitative estimate of drug-likeness (QED) is 0.657. The molecular formula is C21H25N3. The van der Waals surface area contributed by atoms with Crippen LogP contribution < -0.4 is 0 Å². The Morgan fingerprint density at radius 2 is 2.04 bits per heavy atom. The molecule has 3 nitrogen and oxygen atoms in total. The highest BCUT2D eigenvalue weighted by Crippen LogP contribution is 2.43. The molecule has 0 bridgehead atoms. The number of aromatic nitrogens is 3. The van der Waals surface area contributed by atoms with Gasteiger partial charge in [-0.2, -0.15) is 5.10 Å². The lowest BCUT2D eigenvalue weighted by Crippen LogP contribution is -2.21. The number of fused-ring (bicyclic) bond motifs is 2. The maximum atomic E-state index is 4.89. The van der Waals surface area contributed by atoms with E-state index in [2.05, 4.69) is 60.8 Å². The van der Waals surface area contributed by atoms with Crippen LogP contribution >= 0.6 is 0 Å². The first kappa shape index (κ1) is 15.4. The van der Waals surface area contributed by atoms with Gasteiger partial charge in [-0.3, -0.25) is 9.67 Å². The summed E-state index contributed by atoms with van der Waals surface area (Å²) in [6.07, 6.45) is 6.87. The fourth-order valence-corrected chi connectivity index (χ4v) is 4.26. The molecule has 124 valence electrons. The lowest BCUT2D eigenvalue weighted by Gasteiger charge is -2.26. The number of nitrogens with zero attached hydrogens (tertiary/aromatic N) is 3. The summed E-state index contributed by atoms with van der Waals surface area (Å²) in [7, 11) is 0. The molecule has 0 amide bonds. The van der Waals surface area contributed by atoms with Gasteiger partial charge in [0, 0.05) is 34.8 Å². The van der Waals surface area contributed by atoms with E-state index in [1.165, 1.54) is 42.3 Å². The molecule has 0 N–H and O–H groups in total. The predicted molar refractivity (Wildman–Crippen MR) is 99.2 cm³/mol. The normalized spacial score (nSPS) is 19.8. The van der Waals surface area contributed by atoms with Crippen LogP contribution in [0.3, 0.4) is 0 Å². The Morgan fingerprint density at radius 3 is 2.83 bits per heavy atom. The summed E-state index contributed by atoms with van der Waals surface area (Å²) >= 11 is 0. The van der Waals surface area contributed by atoms with Crippen molar-refractivity contribution in [2.45, 2.75) is 58.4 Å². The molecule has 4 rings (SSSR count). The average Bonchev–Trinajstić information content (AvgIpc) is 3.15. The zero-order valence-corrected chi connectivity index (χ0v) is 14.8. The van der Waals surface area contributed by atoms with Gasteiger partial charge in [0.15, 0.2) is 0 Å². The highest BCUT2D eigenvalue weighted by Gasteiger charge is 2.38. The number of aryl methyl sites for hydroxylation is 2. The molecular weight excluding hydrogens is 294 g/mol. The van der Waals surface area contributed by atoms with Crippen LogP contribution in [0.5, 0.6) is 0 Å². The Morgan fingerprint density at radius 1 is 1.17 bits per heavy atom. The van der Waals surface area contributed by atoms with Crippen LogP contribution in [-0.4, -0.2) is 14.8 Å². The Hall–Kier alpha value is -2.16. The minimum absolute atomic E-state index is 0.320. The summed E-state index contributed by atoms with van der Waals surface area (Å²) in [6.45, 7) is 7.77. The van der Waals surface area contributed by atoms with Crippen molar-refractivity contribution in [3.05, 3.63) is 47.8 Å². The van der Waals surface area contributed by atoms with Gasteiger partial charge in [-0.15, -0.1) is 0 Å². The highest BCUT2D eigenvalue weighted by atomic mass is 15.3. The van der Waals surface area contributed by atoms with E-state index in [-0.39, 0.29) is 0 Å². The van der Waals surface area contributed by atoms with E-state index in [0.717, 1.165) is 23.3 Å². The Labute approximate surface area is 143 Å². The van der Waals surface area contributed by atoms with E-state index in [1.54, 1.807) is 0 Å². The van der Waals surface area contributed by atoms with Crippen LogP contribution in [0.2, 0.25) is 0 Å². The van der Waals surface area contributed by atoms with Crippen molar-refractivity contribution in [1.29, 1.82) is 0 Å². The molecule has 0 saturated carbocycles. The van der Waals surface area contributed by atoms with Gasteiger partial charge in [0.1, 0.15) is 0 Å². The second kappa shape index (κ2) is 5.73. The van der Waals surface area contributed by atoms with Crippen molar-refractivity contribution in [2.24, 2.45) is 0 Å². The molecule has 0 radical (unpaired) electrons. The smallest absolute Gasteiger partial charge is 0.0941 e. The first-order valence-corrected chi connectivity index (χ1v) is 9.10. The van der Waals surface area contributed by atoms with Crippen molar-refractivity contribution in [2.75, 3.05) is 0 Å². The number of hydrogen-bond acceptors (Lipinski definition) is 2. The van der Waals surface area contributed by atoms with Gasteiger partial charge in [-0.05, 0) is 50.5 Å². The number of benzene rings is 1. The fraction of sp³-hybridized carbons (Fsp3) is 0.429. The van der Waals surface area contributed by atoms with E-state index in [4.69, 9.17) is 5.10 Å². The van der Waals surface area contributed by atoms with E-state index in [9.17, 15) is 0 Å². The fourth-order valence-electron chi connectivity index (χ4n) is 4.26. The van der Waals surface area contributed by atoms with Crippen molar-refractivity contribution in [3.63, 3.8) is 0 Å². The lowest BCUT2D eigenvalue weighted by molar-refractivity contribution is 0.373. The number of hydrogen-bond donors (Lipinski definition) is 0. The summed E-state index contributed by atoms with van der Waals surface area (Å²) in [5, 5.41) is 6.08. The molecule has 1 aliphatic rings. The van der Waals surface area contributed by atoms with Gasteiger partial charge in [-0.25, -0.2) is 0 Å². The molecule has 3 heteroatoms. The van der Waals surface area contributed by atoms with E-state index < -0.39 is 0 Å². The molecule has 3 aromatic rings. The Balaban J connectivity index is 1.78. The average molecular weight is 319 g/mol. The third-order valence-electron chi connectivity index (χ3n) is 5.66. The van der Waals surface area contributed by atoms with Gasteiger partial charge in [-0.1, -0.05) is 31.9 Å². The topological polar surface area (TPSA) is 30.7 Å². The summed E-state index contributed by atoms with van der Waals surface area (Å²) in [5.41, 5.74) is 6.24. The molecule has 2 aromatic heterocycles. The van der Waals surface area contributed by atoms with E-state index in [0.29, 0.717) is 5.41 Å². The van der Waals surface area contributed by atoms with Crippen LogP contribution in [-0.2, 0) is 12.0 Å². The SMILES string of the molecule is CCCC1(CC)CCn2nc(-c3cnc4ccc(C)cc4c3)cc21. The van der Waals surface area contributed by atoms with Crippen LogP contribution in [0.15, 0.2) is 36.5 Å². The monoisotopic (exact) mass is 319 g/mol. The first-order chi connectivity index (χ1) is 11.6. The van der Waals surface area contributed by atoms with E-state index >= 15 is 0 Å². The molecule has 0 fully saturated rings. The molecule has 1 atom stereocenters. The molecule has 0 spiro atoms. The van der Waals surface area contributed by atoms with Gasteiger partial charge in [0.05, 0.1) is 11.2 Å². The number of rotatable bonds is 4. The van der Waals surface area contributed by atoms with Crippen LogP contribution in [0, 0.1) is 6.92 Å². The second-order valence-electron chi connectivity index (χ2n) is 7.19. The molecule has 24 heavy (non-hydrogen) atoms. The largest absolute Gasteiger partial charge is 0.268 e. The van der Waals surface area contributed by atoms with Gasteiger partial charge in [0.25, 0.3) is 0 Å². The predicted octanol–water partition coefficient (Wildman–Crippen LogP) is 5.26. The van der Waals surface area contributed by atoms with Gasteiger partial charge >= 0.3 is 0 Å².